The molecule has 0 atom stereocenters. The van der Waals surface area contributed by atoms with Crippen LogP contribution in [0.15, 0.2) is 83.5 Å². The molecule has 34 heavy (non-hydrogen) atoms. The molecular formula is C26H22ClN3O4. The van der Waals surface area contributed by atoms with Crippen LogP contribution in [0.1, 0.15) is 35.7 Å². The highest BCUT2D eigenvalue weighted by Crippen LogP contribution is 2.31. The number of phenolic OH excluding ortho intramolecular Hbond substituents is 1. The van der Waals surface area contributed by atoms with Crippen LogP contribution in [0.4, 0.5) is 17.1 Å². The van der Waals surface area contributed by atoms with E-state index in [1.807, 2.05) is 12.1 Å². The normalized spacial score (nSPS) is 13.6. The summed E-state index contributed by atoms with van der Waals surface area (Å²) in [5, 5.41) is 14.9. The van der Waals surface area contributed by atoms with Crippen LogP contribution in [0.5, 0.6) is 5.75 Å². The molecule has 3 aromatic rings. The van der Waals surface area contributed by atoms with Crippen molar-refractivity contribution in [3.63, 3.8) is 0 Å². The largest absolute Gasteiger partial charge is 0.508 e. The maximum Gasteiger partial charge on any atom is 0.283 e. The topological polar surface area (TPSA) is 98.7 Å². The summed E-state index contributed by atoms with van der Waals surface area (Å²) in [4.78, 5) is 39.4. The van der Waals surface area contributed by atoms with Crippen molar-refractivity contribution in [1.82, 2.24) is 0 Å². The van der Waals surface area contributed by atoms with Crippen molar-refractivity contribution in [2.75, 3.05) is 15.5 Å². The van der Waals surface area contributed by atoms with Crippen molar-refractivity contribution in [1.29, 1.82) is 0 Å². The molecule has 0 unspecified atom stereocenters. The van der Waals surface area contributed by atoms with E-state index in [4.69, 9.17) is 11.6 Å². The van der Waals surface area contributed by atoms with Crippen molar-refractivity contribution >= 4 is 46.4 Å². The average molecular weight is 476 g/mol. The highest BCUT2D eigenvalue weighted by Gasteiger charge is 2.39. The van der Waals surface area contributed by atoms with E-state index < -0.39 is 17.7 Å². The molecule has 0 saturated heterocycles. The summed E-state index contributed by atoms with van der Waals surface area (Å²) in [5.74, 6) is -1.26. The van der Waals surface area contributed by atoms with Crippen molar-refractivity contribution in [2.45, 2.75) is 19.8 Å². The number of carbonyl (C=O) groups excluding carboxylic acids is 3. The van der Waals surface area contributed by atoms with Gasteiger partial charge >= 0.3 is 0 Å². The Morgan fingerprint density at radius 1 is 0.912 bits per heavy atom. The van der Waals surface area contributed by atoms with E-state index in [9.17, 15) is 19.5 Å². The Labute approximate surface area is 201 Å². The molecule has 172 valence electrons. The van der Waals surface area contributed by atoms with Gasteiger partial charge in [-0.05, 0) is 53.9 Å². The minimum Gasteiger partial charge on any atom is -0.508 e. The van der Waals surface area contributed by atoms with Crippen LogP contribution in [0.2, 0.25) is 0 Å². The summed E-state index contributed by atoms with van der Waals surface area (Å²) in [5.41, 5.74) is 2.60. The Balaban J connectivity index is 1.52. The summed E-state index contributed by atoms with van der Waals surface area (Å²) >= 11 is 6.23. The molecule has 8 heteroatoms. The lowest BCUT2D eigenvalue weighted by Gasteiger charge is -2.16. The lowest BCUT2D eigenvalue weighted by atomic mass is 10.0. The lowest BCUT2D eigenvalue weighted by molar-refractivity contribution is -0.120. The number of nitrogens with one attached hydrogen (secondary N) is 2. The first-order chi connectivity index (χ1) is 16.2. The van der Waals surface area contributed by atoms with Gasteiger partial charge in [-0.15, -0.1) is 0 Å². The molecule has 1 aliphatic heterocycles. The molecule has 3 N–H and O–H groups in total. The average Bonchev–Trinajstić information content (AvgIpc) is 3.02. The van der Waals surface area contributed by atoms with Gasteiger partial charge in [-0.1, -0.05) is 49.7 Å². The number of phenols is 1. The van der Waals surface area contributed by atoms with E-state index in [0.717, 1.165) is 10.5 Å². The summed E-state index contributed by atoms with van der Waals surface area (Å²) in [6, 6.07) is 19.8. The molecule has 3 aromatic carbocycles. The van der Waals surface area contributed by atoms with Crippen LogP contribution in [-0.2, 0) is 9.59 Å². The van der Waals surface area contributed by atoms with Gasteiger partial charge in [-0.2, -0.15) is 0 Å². The fourth-order valence-electron chi connectivity index (χ4n) is 3.52. The van der Waals surface area contributed by atoms with Gasteiger partial charge in [0.05, 0.1) is 5.69 Å². The molecule has 0 saturated carbocycles. The zero-order valence-electron chi connectivity index (χ0n) is 18.5. The predicted octanol–water partition coefficient (Wildman–Crippen LogP) is 5.20. The predicted molar refractivity (Wildman–Crippen MR) is 132 cm³/mol. The smallest absolute Gasteiger partial charge is 0.283 e. The number of nitrogens with zero attached hydrogens (tertiary/aromatic N) is 1. The van der Waals surface area contributed by atoms with Gasteiger partial charge in [0.1, 0.15) is 16.5 Å². The number of rotatable bonds is 6. The van der Waals surface area contributed by atoms with E-state index in [1.165, 1.54) is 18.2 Å². The third kappa shape index (κ3) is 4.65. The third-order valence-electron chi connectivity index (χ3n) is 5.34. The van der Waals surface area contributed by atoms with E-state index in [0.29, 0.717) is 28.5 Å². The number of halogens is 1. The molecule has 0 bridgehead atoms. The number of aromatic hydroxyl groups is 1. The lowest BCUT2D eigenvalue weighted by Crippen LogP contribution is -2.32. The highest BCUT2D eigenvalue weighted by atomic mass is 35.5. The zero-order valence-corrected chi connectivity index (χ0v) is 19.3. The van der Waals surface area contributed by atoms with Crippen LogP contribution in [0.25, 0.3) is 0 Å². The first kappa shape index (κ1) is 23.1. The molecular weight excluding hydrogens is 454 g/mol. The number of hydrogen-bond donors (Lipinski definition) is 3. The zero-order chi connectivity index (χ0) is 24.4. The fraction of sp³-hybridized carbons (Fsp3) is 0.115. The summed E-state index contributed by atoms with van der Waals surface area (Å²) in [6.07, 6.45) is 0. The van der Waals surface area contributed by atoms with E-state index in [2.05, 4.69) is 24.5 Å². The standard InChI is InChI=1S/C26H22ClN3O4/c1-15(2)16-9-11-20(12-10-16)30-25(33)22(27)23(26(30)34)28-18-6-3-5-17(13-18)24(32)29-19-7-4-8-21(31)14-19/h3-15,28,31H,1-2H3,(H,29,32). The Bertz CT molecular complexity index is 1320. The first-order valence-electron chi connectivity index (χ1n) is 10.6. The van der Waals surface area contributed by atoms with Crippen LogP contribution in [0.3, 0.4) is 0 Å². The Morgan fingerprint density at radius 3 is 2.26 bits per heavy atom. The molecule has 1 heterocycles. The Kier molecular flexibility index (Phi) is 6.38. The molecule has 0 spiro atoms. The maximum absolute atomic E-state index is 13.0. The number of imide groups is 1. The molecule has 7 nitrogen and oxygen atoms in total. The molecule has 0 fully saturated rings. The minimum absolute atomic E-state index is 0.0302. The van der Waals surface area contributed by atoms with E-state index in [-0.39, 0.29) is 16.5 Å². The van der Waals surface area contributed by atoms with Gasteiger partial charge in [0.2, 0.25) is 0 Å². The van der Waals surface area contributed by atoms with Crippen molar-refractivity contribution in [3.05, 3.63) is 94.7 Å². The molecule has 0 aromatic heterocycles. The minimum atomic E-state index is -0.621. The Morgan fingerprint density at radius 2 is 1.59 bits per heavy atom. The van der Waals surface area contributed by atoms with Crippen LogP contribution in [0, 0.1) is 0 Å². The van der Waals surface area contributed by atoms with E-state index in [1.54, 1.807) is 42.5 Å². The number of amides is 3. The quantitative estimate of drug-likeness (QED) is 0.425. The van der Waals surface area contributed by atoms with Crippen molar-refractivity contribution in [2.24, 2.45) is 0 Å². The number of hydrogen-bond acceptors (Lipinski definition) is 5. The number of benzene rings is 3. The molecule has 0 radical (unpaired) electrons. The third-order valence-corrected chi connectivity index (χ3v) is 5.69. The maximum atomic E-state index is 13.0. The van der Waals surface area contributed by atoms with Crippen LogP contribution in [-0.4, -0.2) is 22.8 Å². The number of anilines is 3. The summed E-state index contributed by atoms with van der Waals surface area (Å²) in [6.45, 7) is 4.11. The molecule has 0 aliphatic carbocycles. The van der Waals surface area contributed by atoms with E-state index >= 15 is 0 Å². The van der Waals surface area contributed by atoms with Gasteiger partial charge in [0.15, 0.2) is 0 Å². The van der Waals surface area contributed by atoms with Gasteiger partial charge in [-0.3, -0.25) is 14.4 Å². The fourth-order valence-corrected chi connectivity index (χ4v) is 3.74. The summed E-state index contributed by atoms with van der Waals surface area (Å²) < 4.78 is 0. The van der Waals surface area contributed by atoms with Gasteiger partial charge in [-0.25, -0.2) is 4.90 Å². The molecule has 1 aliphatic rings. The van der Waals surface area contributed by atoms with Crippen molar-refractivity contribution in [3.8, 4) is 5.75 Å². The van der Waals surface area contributed by atoms with Crippen molar-refractivity contribution < 1.29 is 19.5 Å². The number of carbonyl (C=O) groups is 3. The molecule has 3 amide bonds. The van der Waals surface area contributed by atoms with Gasteiger partial charge in [0.25, 0.3) is 17.7 Å². The second kappa shape index (κ2) is 9.41. The van der Waals surface area contributed by atoms with Gasteiger partial charge in [0, 0.05) is 23.0 Å². The monoisotopic (exact) mass is 475 g/mol. The van der Waals surface area contributed by atoms with Crippen LogP contribution < -0.4 is 15.5 Å². The van der Waals surface area contributed by atoms with Gasteiger partial charge < -0.3 is 15.7 Å². The first-order valence-corrected chi connectivity index (χ1v) is 11.0. The molecule has 4 rings (SSSR count). The summed E-state index contributed by atoms with van der Waals surface area (Å²) in [7, 11) is 0. The Hall–Kier alpha value is -4.10. The second-order valence-electron chi connectivity index (χ2n) is 8.09. The van der Waals surface area contributed by atoms with Crippen LogP contribution >= 0.6 is 11.6 Å². The highest BCUT2D eigenvalue weighted by molar-refractivity contribution is 6.53. The SMILES string of the molecule is CC(C)c1ccc(N2C(=O)C(Cl)=C(Nc3cccc(C(=O)Nc4cccc(O)c4)c3)C2=O)cc1. The second-order valence-corrected chi connectivity index (χ2v) is 8.47.